The van der Waals surface area contributed by atoms with E-state index in [0.717, 1.165) is 0 Å². The first kappa shape index (κ1) is 12.3. The first-order chi connectivity index (χ1) is 6.88. The molecule has 0 bridgehead atoms. The molecule has 0 spiro atoms. The summed E-state index contributed by atoms with van der Waals surface area (Å²) in [7, 11) is 0. The zero-order chi connectivity index (χ0) is 11.5. The normalized spacial score (nSPS) is 12.3. The maximum absolute atomic E-state index is 9.51. The van der Waals surface area contributed by atoms with Crippen LogP contribution in [0.25, 0.3) is 0 Å². The molecule has 0 atom stereocenters. The minimum Gasteiger partial charge on any atom is -0.386 e. The molecule has 0 amide bonds. The first-order valence-electron chi connectivity index (χ1n) is 5.02. The largest absolute Gasteiger partial charge is 0.386 e. The number of rotatable bonds is 3. The van der Waals surface area contributed by atoms with Gasteiger partial charge in [-0.05, 0) is 50.8 Å². The number of aryl methyl sites for hydroxylation is 2. The van der Waals surface area contributed by atoms with E-state index in [1.807, 2.05) is 5.41 Å². The molecule has 0 unspecified atom stereocenters. The summed E-state index contributed by atoms with van der Waals surface area (Å²) in [6.07, 6.45) is 1.80. The lowest BCUT2D eigenvalue weighted by Gasteiger charge is -2.10. The van der Waals surface area contributed by atoms with Crippen LogP contribution < -0.4 is 0 Å². The third-order valence-corrected chi connectivity index (χ3v) is 2.99. The van der Waals surface area contributed by atoms with Crippen LogP contribution in [0.5, 0.6) is 0 Å². The van der Waals surface area contributed by atoms with Crippen LogP contribution in [0.2, 0.25) is 0 Å². The van der Waals surface area contributed by atoms with Crippen LogP contribution in [0.15, 0.2) is 34.6 Å². The van der Waals surface area contributed by atoms with Gasteiger partial charge in [0.05, 0.1) is 5.60 Å². The van der Waals surface area contributed by atoms with Crippen molar-refractivity contribution >= 4 is 11.8 Å². The highest BCUT2D eigenvalue weighted by atomic mass is 32.2. The highest BCUT2D eigenvalue weighted by molar-refractivity contribution is 8.02. The van der Waals surface area contributed by atoms with Gasteiger partial charge < -0.3 is 5.11 Å². The molecule has 2 heteroatoms. The number of benzene rings is 1. The summed E-state index contributed by atoms with van der Waals surface area (Å²) >= 11 is 1.64. The van der Waals surface area contributed by atoms with Crippen molar-refractivity contribution in [3.8, 4) is 0 Å². The Balaban J connectivity index is 2.70. The molecular weight excluding hydrogens is 204 g/mol. The average Bonchev–Trinajstić information content (AvgIpc) is 2.07. The SMILES string of the molecule is Cc1ccc(S/C=C/C(C)(C)O)c(C)c1. The third kappa shape index (κ3) is 4.54. The fourth-order valence-electron chi connectivity index (χ4n) is 1.21. The Bertz CT molecular complexity index is 361. The highest BCUT2D eigenvalue weighted by Crippen LogP contribution is 2.24. The molecule has 0 heterocycles. The fraction of sp³-hybridized carbons (Fsp3) is 0.385. The van der Waals surface area contributed by atoms with E-state index >= 15 is 0 Å². The van der Waals surface area contributed by atoms with E-state index in [1.165, 1.54) is 16.0 Å². The number of aliphatic hydroxyl groups is 1. The summed E-state index contributed by atoms with van der Waals surface area (Å²) in [6.45, 7) is 7.74. The molecule has 1 N–H and O–H groups in total. The predicted octanol–water partition coefficient (Wildman–Crippen LogP) is 3.68. The molecule has 0 saturated carbocycles. The first-order valence-corrected chi connectivity index (χ1v) is 5.90. The highest BCUT2D eigenvalue weighted by Gasteiger charge is 2.05. The van der Waals surface area contributed by atoms with Gasteiger partial charge in [-0.15, -0.1) is 0 Å². The molecule has 1 aromatic carbocycles. The Hall–Kier alpha value is -0.730. The summed E-state index contributed by atoms with van der Waals surface area (Å²) in [5.74, 6) is 0. The van der Waals surface area contributed by atoms with Gasteiger partial charge in [-0.2, -0.15) is 0 Å². The fourth-order valence-corrected chi connectivity index (χ4v) is 2.14. The molecule has 1 aromatic rings. The van der Waals surface area contributed by atoms with Gasteiger partial charge in [0.25, 0.3) is 0 Å². The van der Waals surface area contributed by atoms with E-state index in [0.29, 0.717) is 0 Å². The third-order valence-electron chi connectivity index (χ3n) is 2.00. The summed E-state index contributed by atoms with van der Waals surface area (Å²) in [5.41, 5.74) is 1.83. The van der Waals surface area contributed by atoms with Crippen LogP contribution in [-0.4, -0.2) is 10.7 Å². The Morgan fingerprint density at radius 3 is 2.47 bits per heavy atom. The van der Waals surface area contributed by atoms with E-state index in [-0.39, 0.29) is 0 Å². The molecule has 0 radical (unpaired) electrons. The van der Waals surface area contributed by atoms with Crippen LogP contribution in [0.4, 0.5) is 0 Å². The second-order valence-corrected chi connectivity index (χ2v) is 5.29. The van der Waals surface area contributed by atoms with Crippen LogP contribution in [0.1, 0.15) is 25.0 Å². The smallest absolute Gasteiger partial charge is 0.0779 e. The standard InChI is InChI=1S/C13H18OS/c1-10-5-6-12(11(2)9-10)15-8-7-13(3,4)14/h5-9,14H,1-4H3/b8-7+. The van der Waals surface area contributed by atoms with Crippen molar-refractivity contribution in [1.29, 1.82) is 0 Å². The molecule has 1 nitrogen and oxygen atoms in total. The van der Waals surface area contributed by atoms with Gasteiger partial charge in [-0.25, -0.2) is 0 Å². The van der Waals surface area contributed by atoms with Gasteiger partial charge in [0.15, 0.2) is 0 Å². The van der Waals surface area contributed by atoms with E-state index in [2.05, 4.69) is 32.0 Å². The molecule has 0 fully saturated rings. The molecule has 1 rings (SSSR count). The predicted molar refractivity (Wildman–Crippen MR) is 67.2 cm³/mol. The average molecular weight is 222 g/mol. The van der Waals surface area contributed by atoms with Crippen molar-refractivity contribution in [2.75, 3.05) is 0 Å². The lowest BCUT2D eigenvalue weighted by molar-refractivity contribution is 0.133. The van der Waals surface area contributed by atoms with Crippen molar-refractivity contribution < 1.29 is 5.11 Å². The Labute approximate surface area is 96.2 Å². The van der Waals surface area contributed by atoms with Gasteiger partial charge in [-0.1, -0.05) is 29.5 Å². The Morgan fingerprint density at radius 1 is 1.27 bits per heavy atom. The molecule has 82 valence electrons. The van der Waals surface area contributed by atoms with E-state index in [4.69, 9.17) is 0 Å². The van der Waals surface area contributed by atoms with Crippen LogP contribution in [-0.2, 0) is 0 Å². The minimum atomic E-state index is -0.731. The lowest BCUT2D eigenvalue weighted by atomic mass is 10.1. The minimum absolute atomic E-state index is 0.731. The molecule has 0 aliphatic rings. The van der Waals surface area contributed by atoms with Gasteiger partial charge in [-0.3, -0.25) is 0 Å². The van der Waals surface area contributed by atoms with Crippen LogP contribution >= 0.6 is 11.8 Å². The molecule has 0 aromatic heterocycles. The van der Waals surface area contributed by atoms with Crippen molar-refractivity contribution in [2.45, 2.75) is 38.2 Å². The van der Waals surface area contributed by atoms with Gasteiger partial charge in [0.1, 0.15) is 0 Å². The second kappa shape index (κ2) is 4.86. The molecular formula is C13H18OS. The Morgan fingerprint density at radius 2 is 1.93 bits per heavy atom. The van der Waals surface area contributed by atoms with E-state index in [1.54, 1.807) is 31.7 Å². The van der Waals surface area contributed by atoms with Crippen LogP contribution in [0.3, 0.4) is 0 Å². The van der Waals surface area contributed by atoms with Crippen LogP contribution in [0, 0.1) is 13.8 Å². The number of thioether (sulfide) groups is 1. The quantitative estimate of drug-likeness (QED) is 0.787. The summed E-state index contributed by atoms with van der Waals surface area (Å²) in [5, 5.41) is 11.5. The molecule has 0 saturated heterocycles. The summed E-state index contributed by atoms with van der Waals surface area (Å²) in [4.78, 5) is 1.24. The summed E-state index contributed by atoms with van der Waals surface area (Å²) in [6, 6.07) is 6.39. The van der Waals surface area contributed by atoms with Gasteiger partial charge in [0, 0.05) is 4.90 Å². The maximum atomic E-state index is 9.51. The monoisotopic (exact) mass is 222 g/mol. The van der Waals surface area contributed by atoms with Crippen molar-refractivity contribution in [3.63, 3.8) is 0 Å². The second-order valence-electron chi connectivity index (χ2n) is 4.34. The van der Waals surface area contributed by atoms with Crippen molar-refractivity contribution in [3.05, 3.63) is 40.8 Å². The van der Waals surface area contributed by atoms with Crippen molar-refractivity contribution in [1.82, 2.24) is 0 Å². The van der Waals surface area contributed by atoms with E-state index in [9.17, 15) is 5.11 Å². The zero-order valence-corrected chi connectivity index (χ0v) is 10.6. The number of hydrogen-bond donors (Lipinski definition) is 1. The molecule has 0 aliphatic heterocycles. The van der Waals surface area contributed by atoms with Gasteiger partial charge >= 0.3 is 0 Å². The lowest BCUT2D eigenvalue weighted by Crippen LogP contribution is -2.13. The summed E-state index contributed by atoms with van der Waals surface area (Å²) < 4.78 is 0. The maximum Gasteiger partial charge on any atom is 0.0779 e. The Kier molecular flexibility index (Phi) is 4.00. The topological polar surface area (TPSA) is 20.2 Å². The molecule has 0 aliphatic carbocycles. The van der Waals surface area contributed by atoms with E-state index < -0.39 is 5.60 Å². The number of hydrogen-bond acceptors (Lipinski definition) is 2. The zero-order valence-electron chi connectivity index (χ0n) is 9.74. The van der Waals surface area contributed by atoms with Crippen molar-refractivity contribution in [2.24, 2.45) is 0 Å². The van der Waals surface area contributed by atoms with Gasteiger partial charge in [0.2, 0.25) is 0 Å². The molecule has 15 heavy (non-hydrogen) atoms.